The first kappa shape index (κ1) is 16.3. The molecule has 0 aliphatic carbocycles. The number of amides is 2. The summed E-state index contributed by atoms with van der Waals surface area (Å²) in [4.78, 5) is 15.8. The third kappa shape index (κ3) is 4.03. The Morgan fingerprint density at radius 3 is 2.83 bits per heavy atom. The van der Waals surface area contributed by atoms with Crippen LogP contribution in [0.15, 0.2) is 30.3 Å². The van der Waals surface area contributed by atoms with E-state index in [0.29, 0.717) is 24.5 Å². The summed E-state index contributed by atoms with van der Waals surface area (Å²) in [7, 11) is 3.54. The van der Waals surface area contributed by atoms with E-state index < -0.39 is 0 Å². The zero-order chi connectivity index (χ0) is 16.2. The Kier molecular flexibility index (Phi) is 5.18. The van der Waals surface area contributed by atoms with Gasteiger partial charge in [0.2, 0.25) is 0 Å². The first-order chi connectivity index (χ1) is 11.1. The van der Waals surface area contributed by atoms with Crippen molar-refractivity contribution in [3.63, 3.8) is 0 Å². The van der Waals surface area contributed by atoms with Crippen molar-refractivity contribution in [2.45, 2.75) is 12.5 Å². The van der Waals surface area contributed by atoms with E-state index in [0.717, 1.165) is 32.7 Å². The predicted molar refractivity (Wildman–Crippen MR) is 90.4 cm³/mol. The molecule has 1 N–H and O–H groups in total. The Hall–Kier alpha value is -1.59. The average Bonchev–Trinajstić information content (AvgIpc) is 3.12. The van der Waals surface area contributed by atoms with E-state index in [1.807, 2.05) is 0 Å². The van der Waals surface area contributed by atoms with Crippen LogP contribution in [0.1, 0.15) is 5.56 Å². The molecule has 0 bridgehead atoms. The van der Waals surface area contributed by atoms with Gasteiger partial charge < -0.3 is 19.9 Å². The second-order valence-corrected chi connectivity index (χ2v) is 6.87. The maximum Gasteiger partial charge on any atom is 0.316 e. The molecule has 1 aromatic carbocycles. The molecule has 2 aliphatic heterocycles. The van der Waals surface area contributed by atoms with Crippen molar-refractivity contribution in [3.05, 3.63) is 35.9 Å². The lowest BCUT2D eigenvalue weighted by molar-refractivity contribution is 0.0952. The highest BCUT2D eigenvalue weighted by Gasteiger charge is 2.43. The molecule has 0 aromatic heterocycles. The fourth-order valence-corrected chi connectivity index (χ4v) is 3.58. The summed E-state index contributed by atoms with van der Waals surface area (Å²) in [6.45, 7) is 4.67. The van der Waals surface area contributed by atoms with Crippen LogP contribution in [0, 0.1) is 11.8 Å². The number of nitrogens with zero attached hydrogens (tertiary/aromatic N) is 2. The van der Waals surface area contributed by atoms with Crippen molar-refractivity contribution < 1.29 is 9.53 Å². The van der Waals surface area contributed by atoms with E-state index in [-0.39, 0.29) is 6.03 Å². The van der Waals surface area contributed by atoms with Crippen LogP contribution in [-0.2, 0) is 11.2 Å². The van der Waals surface area contributed by atoms with E-state index in [9.17, 15) is 4.79 Å². The van der Waals surface area contributed by atoms with Gasteiger partial charge in [-0.1, -0.05) is 30.3 Å². The third-order valence-electron chi connectivity index (χ3n) is 5.00. The molecular formula is C18H27N3O2. The monoisotopic (exact) mass is 317 g/mol. The van der Waals surface area contributed by atoms with Gasteiger partial charge in [-0.25, -0.2) is 4.79 Å². The molecule has 2 fully saturated rings. The van der Waals surface area contributed by atoms with Crippen LogP contribution in [0.5, 0.6) is 0 Å². The van der Waals surface area contributed by atoms with Crippen molar-refractivity contribution in [1.82, 2.24) is 15.1 Å². The number of nitrogens with one attached hydrogen (secondary N) is 1. The second kappa shape index (κ2) is 7.32. The molecule has 1 aromatic rings. The van der Waals surface area contributed by atoms with E-state index in [1.165, 1.54) is 5.56 Å². The summed E-state index contributed by atoms with van der Waals surface area (Å²) in [5, 5.41) is 3.00. The predicted octanol–water partition coefficient (Wildman–Crippen LogP) is 1.45. The Labute approximate surface area is 138 Å². The van der Waals surface area contributed by atoms with Gasteiger partial charge in [-0.3, -0.25) is 0 Å². The minimum atomic E-state index is -0.0209. The fraction of sp³-hybridized carbons (Fsp3) is 0.611. The fourth-order valence-electron chi connectivity index (χ4n) is 3.58. The van der Waals surface area contributed by atoms with Gasteiger partial charge in [0.1, 0.15) is 0 Å². The summed E-state index contributed by atoms with van der Waals surface area (Å²) in [5.41, 5.74) is 1.39. The molecule has 126 valence electrons. The highest BCUT2D eigenvalue weighted by molar-refractivity contribution is 5.73. The number of hydrogen-bond acceptors (Lipinski definition) is 3. The molecule has 5 heteroatoms. The average molecular weight is 317 g/mol. The molecule has 23 heavy (non-hydrogen) atoms. The topological polar surface area (TPSA) is 44.8 Å². The van der Waals surface area contributed by atoms with Crippen molar-refractivity contribution in [2.24, 2.45) is 11.8 Å². The molecule has 2 amide bonds. The molecule has 2 heterocycles. The second-order valence-electron chi connectivity index (χ2n) is 6.87. The van der Waals surface area contributed by atoms with Crippen LogP contribution in [0.2, 0.25) is 0 Å². The molecule has 0 unspecified atom stereocenters. The largest absolute Gasteiger partial charge is 0.376 e. The van der Waals surface area contributed by atoms with Gasteiger partial charge in [0.25, 0.3) is 0 Å². The summed E-state index contributed by atoms with van der Waals surface area (Å²) in [6, 6.07) is 10.6. The van der Waals surface area contributed by atoms with E-state index in [2.05, 4.69) is 40.5 Å². The van der Waals surface area contributed by atoms with E-state index >= 15 is 0 Å². The van der Waals surface area contributed by atoms with Gasteiger partial charge in [-0.05, 0) is 12.0 Å². The third-order valence-corrected chi connectivity index (χ3v) is 5.00. The lowest BCUT2D eigenvalue weighted by atomic mass is 9.93. The molecule has 0 saturated carbocycles. The van der Waals surface area contributed by atoms with Gasteiger partial charge in [-0.2, -0.15) is 0 Å². The van der Waals surface area contributed by atoms with Crippen LogP contribution in [-0.4, -0.2) is 68.8 Å². The maximum absolute atomic E-state index is 11.7. The SMILES string of the molecule is CN(C)C(=O)NC[C@@H]1CO[C@H]2CN(CCc3ccccc3)C[C@@H]12. The van der Waals surface area contributed by atoms with Crippen LogP contribution in [0.25, 0.3) is 0 Å². The molecule has 3 rings (SSSR count). The lowest BCUT2D eigenvalue weighted by Gasteiger charge is -2.21. The van der Waals surface area contributed by atoms with Crippen LogP contribution in [0.3, 0.4) is 0 Å². The summed E-state index contributed by atoms with van der Waals surface area (Å²) >= 11 is 0. The van der Waals surface area contributed by atoms with Gasteiger partial charge >= 0.3 is 6.03 Å². The van der Waals surface area contributed by atoms with E-state index in [1.54, 1.807) is 19.0 Å². The highest BCUT2D eigenvalue weighted by atomic mass is 16.5. The minimum absolute atomic E-state index is 0.0209. The molecule has 0 spiro atoms. The molecule has 2 aliphatic rings. The Bertz CT molecular complexity index is 520. The molecule has 0 radical (unpaired) electrons. The molecule has 3 atom stereocenters. The number of hydrogen-bond donors (Lipinski definition) is 1. The normalized spacial score (nSPS) is 27.0. The number of carbonyl (C=O) groups excluding carboxylic acids is 1. The number of fused-ring (bicyclic) bond motifs is 1. The summed E-state index contributed by atoms with van der Waals surface area (Å²) < 4.78 is 5.96. The highest BCUT2D eigenvalue weighted by Crippen LogP contribution is 2.33. The Balaban J connectivity index is 1.45. The Morgan fingerprint density at radius 1 is 1.30 bits per heavy atom. The maximum atomic E-state index is 11.7. The van der Waals surface area contributed by atoms with Crippen LogP contribution < -0.4 is 5.32 Å². The van der Waals surface area contributed by atoms with Gasteiger partial charge in [-0.15, -0.1) is 0 Å². The van der Waals surface area contributed by atoms with Crippen LogP contribution in [0.4, 0.5) is 4.79 Å². The number of urea groups is 1. The number of rotatable bonds is 5. The van der Waals surface area contributed by atoms with Crippen molar-refractivity contribution >= 4 is 6.03 Å². The smallest absolute Gasteiger partial charge is 0.316 e. The van der Waals surface area contributed by atoms with Crippen molar-refractivity contribution in [3.8, 4) is 0 Å². The zero-order valence-corrected chi connectivity index (χ0v) is 14.1. The molecule has 2 saturated heterocycles. The summed E-state index contributed by atoms with van der Waals surface area (Å²) in [6.07, 6.45) is 1.43. The number of benzene rings is 1. The Morgan fingerprint density at radius 2 is 2.09 bits per heavy atom. The standard InChI is InChI=1S/C18H27N3O2/c1-20(2)18(22)19-10-15-13-23-17-12-21(11-16(15)17)9-8-14-6-4-3-5-7-14/h3-7,15-17H,8-13H2,1-2H3,(H,19,22)/t15-,16+,17+/m1/s1. The first-order valence-corrected chi connectivity index (χ1v) is 8.46. The minimum Gasteiger partial charge on any atom is -0.376 e. The molecular weight excluding hydrogens is 290 g/mol. The first-order valence-electron chi connectivity index (χ1n) is 8.46. The van der Waals surface area contributed by atoms with Gasteiger partial charge in [0.15, 0.2) is 0 Å². The van der Waals surface area contributed by atoms with E-state index in [4.69, 9.17) is 4.74 Å². The van der Waals surface area contributed by atoms with Crippen molar-refractivity contribution in [2.75, 3.05) is 46.9 Å². The quantitative estimate of drug-likeness (QED) is 0.894. The lowest BCUT2D eigenvalue weighted by Crippen LogP contribution is -2.39. The van der Waals surface area contributed by atoms with Gasteiger partial charge in [0, 0.05) is 52.1 Å². The molecule has 5 nitrogen and oxygen atoms in total. The summed E-state index contributed by atoms with van der Waals surface area (Å²) in [5.74, 6) is 0.985. The number of ether oxygens (including phenoxy) is 1. The zero-order valence-electron chi connectivity index (χ0n) is 14.1. The number of likely N-dealkylation sites (tertiary alicyclic amines) is 1. The van der Waals surface area contributed by atoms with Crippen molar-refractivity contribution in [1.29, 1.82) is 0 Å². The van der Waals surface area contributed by atoms with Gasteiger partial charge in [0.05, 0.1) is 12.7 Å². The van der Waals surface area contributed by atoms with Crippen LogP contribution >= 0.6 is 0 Å². The number of carbonyl (C=O) groups is 1.